The van der Waals surface area contributed by atoms with Crippen LogP contribution in [0, 0.1) is 0 Å². The SMILES string of the molecule is COC(F)(C(F)(F)F)C(F)(F)c1cccc(C(F)(F)C(F)(OC)C(F)(F)F)c1. The quantitative estimate of drug-likeness (QED) is 0.537. The van der Waals surface area contributed by atoms with Crippen LogP contribution in [0.15, 0.2) is 24.3 Å². The molecule has 0 fully saturated rings. The van der Waals surface area contributed by atoms with Crippen LogP contribution in [0.3, 0.4) is 0 Å². The van der Waals surface area contributed by atoms with Gasteiger partial charge in [-0.05, 0) is 6.07 Å². The highest BCUT2D eigenvalue weighted by atomic mass is 19.4. The molecule has 0 saturated carbocycles. The molecule has 1 aromatic rings. The molecule has 0 aliphatic rings. The zero-order valence-electron chi connectivity index (χ0n) is 13.7. The van der Waals surface area contributed by atoms with E-state index in [0.29, 0.717) is 0 Å². The summed E-state index contributed by atoms with van der Waals surface area (Å²) in [7, 11) is -0.192. The summed E-state index contributed by atoms with van der Waals surface area (Å²) in [5, 5.41) is 0. The van der Waals surface area contributed by atoms with Crippen LogP contribution in [-0.2, 0) is 21.3 Å². The molecule has 0 aromatic heterocycles. The molecule has 0 bridgehead atoms. The Morgan fingerprint density at radius 3 is 1.07 bits per heavy atom. The summed E-state index contributed by atoms with van der Waals surface area (Å²) in [5.41, 5.74) is -4.29. The molecular weight excluding hydrogens is 428 g/mol. The van der Waals surface area contributed by atoms with Crippen molar-refractivity contribution in [1.82, 2.24) is 0 Å². The molecule has 0 aliphatic heterocycles. The van der Waals surface area contributed by atoms with Crippen molar-refractivity contribution in [1.29, 1.82) is 0 Å². The number of methoxy groups -OCH3 is 2. The fraction of sp³-hybridized carbons (Fsp3) is 0.571. The highest BCUT2D eigenvalue weighted by Crippen LogP contribution is 2.54. The first-order valence-electron chi connectivity index (χ1n) is 6.81. The lowest BCUT2D eigenvalue weighted by atomic mass is 9.94. The predicted octanol–water partition coefficient (Wildman–Crippen LogP) is 5.62. The Hall–Kier alpha value is -1.70. The van der Waals surface area contributed by atoms with E-state index < -0.39 is 53.1 Å². The summed E-state index contributed by atoms with van der Waals surface area (Å²) in [5.74, 6) is -22.8. The van der Waals surface area contributed by atoms with E-state index in [9.17, 15) is 52.7 Å². The van der Waals surface area contributed by atoms with E-state index in [-0.39, 0.29) is 32.4 Å². The Balaban J connectivity index is 3.63. The van der Waals surface area contributed by atoms with Gasteiger partial charge in [0.1, 0.15) is 0 Å². The topological polar surface area (TPSA) is 18.5 Å². The fourth-order valence-corrected chi connectivity index (χ4v) is 2.12. The molecule has 0 spiro atoms. The first-order valence-corrected chi connectivity index (χ1v) is 6.81. The average molecular weight is 438 g/mol. The highest BCUT2D eigenvalue weighted by Gasteiger charge is 2.75. The highest BCUT2D eigenvalue weighted by molar-refractivity contribution is 5.33. The van der Waals surface area contributed by atoms with Gasteiger partial charge in [0, 0.05) is 25.3 Å². The molecule has 1 aromatic carbocycles. The van der Waals surface area contributed by atoms with E-state index in [4.69, 9.17) is 0 Å². The van der Waals surface area contributed by atoms with E-state index in [1.807, 2.05) is 0 Å². The van der Waals surface area contributed by atoms with Gasteiger partial charge in [-0.1, -0.05) is 18.2 Å². The molecule has 0 radical (unpaired) electrons. The Labute approximate surface area is 149 Å². The van der Waals surface area contributed by atoms with Crippen molar-refractivity contribution in [3.8, 4) is 0 Å². The Bertz CT molecular complexity index is 643. The summed E-state index contributed by atoms with van der Waals surface area (Å²) in [4.78, 5) is 0. The summed E-state index contributed by atoms with van der Waals surface area (Å²) in [6.07, 6.45) is -12.7. The van der Waals surface area contributed by atoms with Crippen LogP contribution >= 0.6 is 0 Å². The standard InChI is InChI=1S/C14H10F12O2/c1-27-11(19,13(21,22)23)9(15,16)7-4-3-5-8(6-7)10(17,18)12(20,28-2)14(24,25)26/h3-6H,1-2H3. The first-order chi connectivity index (χ1) is 12.3. The largest absolute Gasteiger partial charge is 0.455 e. The van der Waals surface area contributed by atoms with Gasteiger partial charge in [0.2, 0.25) is 0 Å². The molecule has 0 aliphatic carbocycles. The fourth-order valence-electron chi connectivity index (χ4n) is 2.12. The molecule has 162 valence electrons. The van der Waals surface area contributed by atoms with Crippen LogP contribution < -0.4 is 0 Å². The van der Waals surface area contributed by atoms with E-state index >= 15 is 0 Å². The van der Waals surface area contributed by atoms with Crippen molar-refractivity contribution in [3.05, 3.63) is 35.4 Å². The number of hydrogen-bond donors (Lipinski definition) is 0. The van der Waals surface area contributed by atoms with Crippen molar-refractivity contribution in [2.75, 3.05) is 14.2 Å². The molecule has 2 atom stereocenters. The second kappa shape index (κ2) is 6.97. The molecule has 0 saturated heterocycles. The summed E-state index contributed by atoms with van der Waals surface area (Å²) in [6, 6.07) is -0.429. The van der Waals surface area contributed by atoms with Crippen LogP contribution in [0.1, 0.15) is 11.1 Å². The maximum absolute atomic E-state index is 14.1. The molecule has 2 unspecified atom stereocenters. The number of halogens is 12. The van der Waals surface area contributed by atoms with Gasteiger partial charge in [-0.25, -0.2) is 0 Å². The minimum Gasteiger partial charge on any atom is -0.337 e. The van der Waals surface area contributed by atoms with Gasteiger partial charge in [0.15, 0.2) is 0 Å². The Morgan fingerprint density at radius 1 is 0.571 bits per heavy atom. The van der Waals surface area contributed by atoms with Crippen LogP contribution in [0.2, 0.25) is 0 Å². The maximum atomic E-state index is 14.1. The van der Waals surface area contributed by atoms with E-state index in [1.165, 1.54) is 0 Å². The lowest BCUT2D eigenvalue weighted by Gasteiger charge is -2.35. The van der Waals surface area contributed by atoms with Gasteiger partial charge >= 0.3 is 35.9 Å². The number of rotatable bonds is 6. The normalized spacial score (nSPS) is 18.5. The molecule has 14 heteroatoms. The number of ether oxygens (including phenoxy) is 2. The van der Waals surface area contributed by atoms with Crippen LogP contribution in [0.25, 0.3) is 0 Å². The second-order valence-electron chi connectivity index (χ2n) is 5.32. The lowest BCUT2D eigenvalue weighted by molar-refractivity contribution is -0.399. The van der Waals surface area contributed by atoms with E-state index in [0.717, 1.165) is 0 Å². The van der Waals surface area contributed by atoms with Crippen molar-refractivity contribution < 1.29 is 62.2 Å². The minimum absolute atomic E-state index is 0.0129. The van der Waals surface area contributed by atoms with E-state index in [1.54, 1.807) is 0 Å². The van der Waals surface area contributed by atoms with Crippen LogP contribution in [0.4, 0.5) is 52.7 Å². The Kier molecular flexibility index (Phi) is 6.06. The smallest absolute Gasteiger partial charge is 0.337 e. The van der Waals surface area contributed by atoms with Crippen molar-refractivity contribution in [2.45, 2.75) is 35.9 Å². The molecule has 0 amide bonds. The van der Waals surface area contributed by atoms with Crippen molar-refractivity contribution >= 4 is 0 Å². The second-order valence-corrected chi connectivity index (χ2v) is 5.32. The van der Waals surface area contributed by atoms with Crippen molar-refractivity contribution in [2.24, 2.45) is 0 Å². The maximum Gasteiger partial charge on any atom is 0.455 e. The van der Waals surface area contributed by atoms with Crippen molar-refractivity contribution in [3.63, 3.8) is 0 Å². The van der Waals surface area contributed by atoms with Gasteiger partial charge in [-0.15, -0.1) is 0 Å². The average Bonchev–Trinajstić information content (AvgIpc) is 2.57. The number of benzene rings is 1. The van der Waals surface area contributed by atoms with Gasteiger partial charge in [-0.3, -0.25) is 0 Å². The summed E-state index contributed by atoms with van der Waals surface area (Å²) < 4.78 is 166. The van der Waals surface area contributed by atoms with Gasteiger partial charge in [0.05, 0.1) is 0 Å². The molecule has 2 nitrogen and oxygen atoms in total. The zero-order chi connectivity index (χ0) is 22.4. The number of hydrogen-bond acceptors (Lipinski definition) is 2. The first kappa shape index (κ1) is 24.3. The van der Waals surface area contributed by atoms with Gasteiger partial charge in [0.25, 0.3) is 0 Å². The zero-order valence-corrected chi connectivity index (χ0v) is 13.7. The molecule has 0 heterocycles. The van der Waals surface area contributed by atoms with Gasteiger partial charge < -0.3 is 9.47 Å². The third-order valence-corrected chi connectivity index (χ3v) is 3.69. The molecular formula is C14H10F12O2. The lowest BCUT2D eigenvalue weighted by Crippen LogP contribution is -2.56. The van der Waals surface area contributed by atoms with Gasteiger partial charge in [-0.2, -0.15) is 52.7 Å². The van der Waals surface area contributed by atoms with E-state index in [2.05, 4.69) is 9.47 Å². The van der Waals surface area contributed by atoms with Crippen LogP contribution in [-0.4, -0.2) is 38.3 Å². The minimum atomic E-state index is -6.37. The predicted molar refractivity (Wildman–Crippen MR) is 68.0 cm³/mol. The molecule has 0 N–H and O–H groups in total. The number of alkyl halides is 12. The summed E-state index contributed by atoms with van der Waals surface area (Å²) in [6.45, 7) is 0. The molecule has 1 rings (SSSR count). The third kappa shape index (κ3) is 3.40. The monoisotopic (exact) mass is 438 g/mol. The Morgan fingerprint density at radius 2 is 0.857 bits per heavy atom. The molecule has 28 heavy (non-hydrogen) atoms. The third-order valence-electron chi connectivity index (χ3n) is 3.69. The summed E-state index contributed by atoms with van der Waals surface area (Å²) >= 11 is 0. The van der Waals surface area contributed by atoms with Crippen LogP contribution in [0.5, 0.6) is 0 Å².